The van der Waals surface area contributed by atoms with E-state index in [0.29, 0.717) is 0 Å². The number of hydrogen-bond donors (Lipinski definition) is 1. The SMILES string of the molecule is CC(C)(C)OC(=O)N1CC2(CS(=O)(=O)C2)C(F)(C(=O)O)C1. The first-order valence-corrected chi connectivity index (χ1v) is 8.23. The van der Waals surface area contributed by atoms with Crippen molar-refractivity contribution in [1.82, 2.24) is 4.90 Å². The zero-order valence-corrected chi connectivity index (χ0v) is 12.9. The van der Waals surface area contributed by atoms with Crippen molar-refractivity contribution in [3.8, 4) is 0 Å². The number of amides is 1. The van der Waals surface area contributed by atoms with Gasteiger partial charge < -0.3 is 14.7 Å². The first-order valence-electron chi connectivity index (χ1n) is 6.41. The number of halogens is 1. The molecule has 1 spiro atoms. The summed E-state index contributed by atoms with van der Waals surface area (Å²) in [6, 6.07) is 0. The van der Waals surface area contributed by atoms with Crippen LogP contribution >= 0.6 is 0 Å². The van der Waals surface area contributed by atoms with Gasteiger partial charge >= 0.3 is 12.1 Å². The van der Waals surface area contributed by atoms with Gasteiger partial charge in [-0.2, -0.15) is 0 Å². The molecule has 0 aromatic rings. The smallest absolute Gasteiger partial charge is 0.410 e. The van der Waals surface area contributed by atoms with E-state index in [9.17, 15) is 22.4 Å². The maximum Gasteiger partial charge on any atom is 0.410 e. The second-order valence-corrected chi connectivity index (χ2v) is 8.82. The second kappa shape index (κ2) is 4.31. The summed E-state index contributed by atoms with van der Waals surface area (Å²) in [5, 5.41) is 9.13. The van der Waals surface area contributed by atoms with Crippen LogP contribution in [0, 0.1) is 5.41 Å². The Morgan fingerprint density at radius 1 is 1.24 bits per heavy atom. The molecule has 0 aliphatic carbocycles. The molecule has 2 aliphatic heterocycles. The monoisotopic (exact) mass is 323 g/mol. The van der Waals surface area contributed by atoms with Crippen LogP contribution in [0.25, 0.3) is 0 Å². The number of ether oxygens (including phenoxy) is 1. The van der Waals surface area contributed by atoms with Crippen molar-refractivity contribution in [3.05, 3.63) is 0 Å². The molecule has 2 fully saturated rings. The Morgan fingerprint density at radius 2 is 1.76 bits per heavy atom. The highest BCUT2D eigenvalue weighted by molar-refractivity contribution is 7.92. The van der Waals surface area contributed by atoms with Crippen molar-refractivity contribution in [2.75, 3.05) is 24.6 Å². The Kier molecular flexibility index (Phi) is 3.28. The Bertz CT molecular complexity index is 583. The fourth-order valence-electron chi connectivity index (χ4n) is 2.85. The summed E-state index contributed by atoms with van der Waals surface area (Å²) < 4.78 is 42.6. The topological polar surface area (TPSA) is 101 Å². The molecular formula is C12H18FNO6S. The van der Waals surface area contributed by atoms with Crippen molar-refractivity contribution in [2.45, 2.75) is 32.0 Å². The molecule has 0 bridgehead atoms. The van der Waals surface area contributed by atoms with Gasteiger partial charge in [0.1, 0.15) is 5.60 Å². The number of alkyl halides is 1. The minimum absolute atomic E-state index is 0.274. The van der Waals surface area contributed by atoms with Gasteiger partial charge in [-0.05, 0) is 20.8 Å². The summed E-state index contributed by atoms with van der Waals surface area (Å²) in [5.41, 5.74) is -5.15. The van der Waals surface area contributed by atoms with Crippen molar-refractivity contribution >= 4 is 21.9 Å². The Balaban J connectivity index is 2.25. The number of carboxylic acids is 1. The minimum atomic E-state index is -3.44. The first kappa shape index (κ1) is 16.0. The van der Waals surface area contributed by atoms with Gasteiger partial charge in [-0.15, -0.1) is 0 Å². The molecule has 2 rings (SSSR count). The molecule has 2 saturated heterocycles. The van der Waals surface area contributed by atoms with Gasteiger partial charge in [0.2, 0.25) is 5.67 Å². The minimum Gasteiger partial charge on any atom is -0.479 e. The van der Waals surface area contributed by atoms with Gasteiger partial charge in [-0.3, -0.25) is 0 Å². The predicted molar refractivity (Wildman–Crippen MR) is 70.4 cm³/mol. The lowest BCUT2D eigenvalue weighted by Gasteiger charge is -2.42. The third-order valence-electron chi connectivity index (χ3n) is 3.73. The first-order chi connectivity index (χ1) is 9.30. The van der Waals surface area contributed by atoms with Gasteiger partial charge in [-0.25, -0.2) is 22.4 Å². The van der Waals surface area contributed by atoms with Crippen LogP contribution in [0.5, 0.6) is 0 Å². The van der Waals surface area contributed by atoms with Crippen LogP contribution in [0.4, 0.5) is 9.18 Å². The molecule has 0 aromatic heterocycles. The average molecular weight is 323 g/mol. The highest BCUT2D eigenvalue weighted by Crippen LogP contribution is 2.50. The summed E-state index contributed by atoms with van der Waals surface area (Å²) in [4.78, 5) is 24.1. The molecule has 2 aliphatic rings. The van der Waals surface area contributed by atoms with Crippen molar-refractivity contribution < 1.29 is 32.2 Å². The van der Waals surface area contributed by atoms with E-state index in [-0.39, 0.29) is 6.54 Å². The number of sulfone groups is 1. The Morgan fingerprint density at radius 3 is 2.14 bits per heavy atom. The maximum atomic E-state index is 14.8. The summed E-state index contributed by atoms with van der Waals surface area (Å²) >= 11 is 0. The molecule has 1 unspecified atom stereocenters. The van der Waals surface area contributed by atoms with Gasteiger partial charge in [-0.1, -0.05) is 0 Å². The van der Waals surface area contributed by atoms with Crippen molar-refractivity contribution in [1.29, 1.82) is 0 Å². The fourth-order valence-corrected chi connectivity index (χ4v) is 5.09. The summed E-state index contributed by atoms with van der Waals surface area (Å²) in [7, 11) is -3.44. The third kappa shape index (κ3) is 2.58. The van der Waals surface area contributed by atoms with Gasteiger partial charge in [0.25, 0.3) is 0 Å². The van der Waals surface area contributed by atoms with Crippen LogP contribution in [0.2, 0.25) is 0 Å². The summed E-state index contributed by atoms with van der Waals surface area (Å²) in [5.74, 6) is -2.88. The van der Waals surface area contributed by atoms with Gasteiger partial charge in [0.15, 0.2) is 9.84 Å². The van der Waals surface area contributed by atoms with Crippen LogP contribution in [0.15, 0.2) is 0 Å². The predicted octanol–water partition coefficient (Wildman–Crippen LogP) is 0.445. The van der Waals surface area contributed by atoms with Crippen LogP contribution < -0.4 is 0 Å². The second-order valence-electron chi connectivity index (χ2n) is 6.76. The van der Waals surface area contributed by atoms with Crippen LogP contribution in [0.3, 0.4) is 0 Å². The lowest BCUT2D eigenvalue weighted by molar-refractivity contribution is -0.156. The molecule has 120 valence electrons. The lowest BCUT2D eigenvalue weighted by atomic mass is 9.78. The number of likely N-dealkylation sites (tertiary alicyclic amines) is 1. The van der Waals surface area contributed by atoms with Crippen molar-refractivity contribution in [3.63, 3.8) is 0 Å². The third-order valence-corrected chi connectivity index (χ3v) is 5.71. The van der Waals surface area contributed by atoms with E-state index in [0.717, 1.165) is 4.90 Å². The Hall–Kier alpha value is -1.38. The standard InChI is InChI=1S/C12H18FNO6S/c1-10(2,3)20-9(17)14-4-11(6-21(18,19)7-11)12(13,5-14)8(15)16/h4-7H2,1-3H3,(H,15,16). The molecule has 1 amide bonds. The number of rotatable bonds is 1. The zero-order valence-electron chi connectivity index (χ0n) is 12.1. The molecule has 9 heteroatoms. The van der Waals surface area contributed by atoms with E-state index in [1.165, 1.54) is 0 Å². The molecule has 0 aromatic carbocycles. The van der Waals surface area contributed by atoms with E-state index in [1.54, 1.807) is 20.8 Å². The number of carbonyl (C=O) groups excluding carboxylic acids is 1. The van der Waals surface area contributed by atoms with E-state index in [4.69, 9.17) is 9.84 Å². The molecule has 1 N–H and O–H groups in total. The maximum absolute atomic E-state index is 14.8. The largest absolute Gasteiger partial charge is 0.479 e. The molecular weight excluding hydrogens is 305 g/mol. The van der Waals surface area contributed by atoms with Gasteiger partial charge in [0.05, 0.1) is 23.5 Å². The van der Waals surface area contributed by atoms with Crippen LogP contribution in [0.1, 0.15) is 20.8 Å². The lowest BCUT2D eigenvalue weighted by Crippen LogP contribution is -2.63. The quantitative estimate of drug-likeness (QED) is 0.751. The zero-order chi connectivity index (χ0) is 16.3. The van der Waals surface area contributed by atoms with E-state index < -0.39 is 56.6 Å². The molecule has 7 nitrogen and oxygen atoms in total. The van der Waals surface area contributed by atoms with Crippen molar-refractivity contribution in [2.24, 2.45) is 5.41 Å². The van der Waals surface area contributed by atoms with E-state index >= 15 is 0 Å². The van der Waals surface area contributed by atoms with Gasteiger partial charge in [0, 0.05) is 6.54 Å². The van der Waals surface area contributed by atoms with E-state index in [2.05, 4.69) is 0 Å². The highest BCUT2D eigenvalue weighted by atomic mass is 32.2. The fraction of sp³-hybridized carbons (Fsp3) is 0.833. The van der Waals surface area contributed by atoms with E-state index in [1.807, 2.05) is 0 Å². The molecule has 0 saturated carbocycles. The van der Waals surface area contributed by atoms with Crippen LogP contribution in [-0.2, 0) is 19.4 Å². The molecule has 1 atom stereocenters. The number of hydrogen-bond acceptors (Lipinski definition) is 5. The number of aliphatic carboxylic acids is 1. The number of carbonyl (C=O) groups is 2. The Labute approximate surface area is 122 Å². The number of carboxylic acid groups (broad SMARTS) is 1. The highest BCUT2D eigenvalue weighted by Gasteiger charge is 2.71. The summed E-state index contributed by atoms with van der Waals surface area (Å²) in [6.07, 6.45) is -0.841. The summed E-state index contributed by atoms with van der Waals surface area (Å²) in [6.45, 7) is 3.91. The molecule has 21 heavy (non-hydrogen) atoms. The molecule has 2 heterocycles. The normalized spacial score (nSPS) is 30.0. The number of nitrogens with zero attached hydrogens (tertiary/aromatic N) is 1. The van der Waals surface area contributed by atoms with Crippen LogP contribution in [-0.4, -0.2) is 66.4 Å². The average Bonchev–Trinajstić information content (AvgIpc) is 2.50. The molecule has 0 radical (unpaired) electrons.